The molecule has 14 heavy (non-hydrogen) atoms. The lowest BCUT2D eigenvalue weighted by molar-refractivity contribution is 0.593. The molecule has 1 atom stereocenters. The van der Waals surface area contributed by atoms with E-state index in [9.17, 15) is 0 Å². The zero-order valence-electron chi connectivity index (χ0n) is 8.16. The van der Waals surface area contributed by atoms with Gasteiger partial charge in [-0.2, -0.15) is 4.99 Å². The quantitative estimate of drug-likeness (QED) is 0.544. The third-order valence-electron chi connectivity index (χ3n) is 2.44. The lowest BCUT2D eigenvalue weighted by Gasteiger charge is -2.15. The van der Waals surface area contributed by atoms with Crippen LogP contribution in [0.1, 0.15) is 36.3 Å². The summed E-state index contributed by atoms with van der Waals surface area (Å²) in [5, 5.41) is 0.698. The number of hydrogen-bond donors (Lipinski definition) is 2. The minimum absolute atomic E-state index is 0.0868. The molecule has 1 heterocycles. The van der Waals surface area contributed by atoms with E-state index in [1.807, 2.05) is 0 Å². The molecule has 4 nitrogen and oxygen atoms in total. The van der Waals surface area contributed by atoms with E-state index in [0.717, 1.165) is 6.42 Å². The summed E-state index contributed by atoms with van der Waals surface area (Å²) in [6, 6.07) is 0. The number of aliphatic imine (C=N–C) groups is 1. The topological polar surface area (TPSA) is 77.3 Å². The number of nitrogens with zero attached hydrogens (tertiary/aromatic N) is 2. The lowest BCUT2D eigenvalue weighted by Crippen LogP contribution is -2.21. The minimum Gasteiger partial charge on any atom is -0.370 e. The Kier molecular flexibility index (Phi) is 2.41. The molecule has 0 bridgehead atoms. The van der Waals surface area contributed by atoms with Crippen LogP contribution in [0.2, 0.25) is 0 Å². The van der Waals surface area contributed by atoms with Gasteiger partial charge in [0.25, 0.3) is 0 Å². The molecule has 0 fully saturated rings. The van der Waals surface area contributed by atoms with Crippen LogP contribution < -0.4 is 11.5 Å². The van der Waals surface area contributed by atoms with Crippen molar-refractivity contribution in [1.82, 2.24) is 4.98 Å². The fourth-order valence-electron chi connectivity index (χ4n) is 1.78. The van der Waals surface area contributed by atoms with E-state index in [1.54, 1.807) is 11.3 Å². The van der Waals surface area contributed by atoms with Crippen LogP contribution in [-0.4, -0.2) is 10.9 Å². The molecule has 5 heteroatoms. The first-order valence-electron chi connectivity index (χ1n) is 4.76. The first-order chi connectivity index (χ1) is 6.66. The predicted molar refractivity (Wildman–Crippen MR) is 58.9 cm³/mol. The van der Waals surface area contributed by atoms with Gasteiger partial charge in [-0.15, -0.1) is 0 Å². The molecule has 1 aliphatic rings. The summed E-state index contributed by atoms with van der Waals surface area (Å²) in [7, 11) is 0. The van der Waals surface area contributed by atoms with Crippen molar-refractivity contribution in [2.24, 2.45) is 16.5 Å². The first kappa shape index (κ1) is 9.45. The predicted octanol–water partition coefficient (Wildman–Crippen LogP) is 1.49. The maximum Gasteiger partial charge on any atom is 0.212 e. The van der Waals surface area contributed by atoms with E-state index in [1.165, 1.54) is 23.4 Å². The van der Waals surface area contributed by atoms with Crippen LogP contribution in [0, 0.1) is 0 Å². The van der Waals surface area contributed by atoms with Gasteiger partial charge >= 0.3 is 0 Å². The van der Waals surface area contributed by atoms with Gasteiger partial charge in [-0.05, 0) is 25.2 Å². The SMILES string of the molecule is C[C@@H]1CCCc2nc(N=C(N)N)sc21. The fourth-order valence-corrected chi connectivity index (χ4v) is 2.87. The summed E-state index contributed by atoms with van der Waals surface area (Å²) in [6.45, 7) is 2.23. The lowest BCUT2D eigenvalue weighted by atomic mass is 9.94. The van der Waals surface area contributed by atoms with Crippen LogP contribution in [0.4, 0.5) is 5.13 Å². The fraction of sp³-hybridized carbons (Fsp3) is 0.556. The summed E-state index contributed by atoms with van der Waals surface area (Å²) in [6.07, 6.45) is 3.53. The number of fused-ring (bicyclic) bond motifs is 1. The molecule has 1 aromatic heterocycles. The number of aromatic nitrogens is 1. The zero-order valence-corrected chi connectivity index (χ0v) is 8.97. The second-order valence-corrected chi connectivity index (χ2v) is 4.65. The maximum absolute atomic E-state index is 5.31. The summed E-state index contributed by atoms with van der Waals surface area (Å²) >= 11 is 1.61. The van der Waals surface area contributed by atoms with Gasteiger partial charge in [0.1, 0.15) is 0 Å². The Morgan fingerprint density at radius 3 is 3.00 bits per heavy atom. The highest BCUT2D eigenvalue weighted by Gasteiger charge is 2.20. The average molecular weight is 210 g/mol. The van der Waals surface area contributed by atoms with Gasteiger partial charge in [0.05, 0.1) is 5.69 Å². The normalized spacial score (nSPS) is 20.2. The van der Waals surface area contributed by atoms with Gasteiger partial charge in [0, 0.05) is 4.88 Å². The van der Waals surface area contributed by atoms with E-state index in [-0.39, 0.29) is 5.96 Å². The van der Waals surface area contributed by atoms with Gasteiger partial charge < -0.3 is 11.5 Å². The van der Waals surface area contributed by atoms with Crippen LogP contribution in [-0.2, 0) is 6.42 Å². The van der Waals surface area contributed by atoms with Crippen LogP contribution in [0.3, 0.4) is 0 Å². The number of rotatable bonds is 1. The number of nitrogens with two attached hydrogens (primary N) is 2. The molecule has 1 aromatic rings. The summed E-state index contributed by atoms with van der Waals surface area (Å²) < 4.78 is 0. The Morgan fingerprint density at radius 2 is 2.36 bits per heavy atom. The van der Waals surface area contributed by atoms with Crippen molar-refractivity contribution in [3.63, 3.8) is 0 Å². The molecule has 0 unspecified atom stereocenters. The number of guanidine groups is 1. The molecule has 76 valence electrons. The van der Waals surface area contributed by atoms with Gasteiger partial charge in [0.15, 0.2) is 5.96 Å². The Hall–Kier alpha value is -1.10. The van der Waals surface area contributed by atoms with Gasteiger partial charge in [0.2, 0.25) is 5.13 Å². The number of aryl methyl sites for hydroxylation is 1. The Bertz CT molecular complexity index is 365. The molecule has 1 aliphatic carbocycles. The van der Waals surface area contributed by atoms with Crippen LogP contribution >= 0.6 is 11.3 Å². The standard InChI is InChI=1S/C9H14N4S/c1-5-3-2-4-6-7(5)14-9(12-6)13-8(10)11/h5H,2-4H2,1H3,(H4,10,11,12,13)/t5-/m1/s1. The van der Waals surface area contributed by atoms with Crippen molar-refractivity contribution in [2.75, 3.05) is 0 Å². The van der Waals surface area contributed by atoms with Crippen molar-refractivity contribution in [2.45, 2.75) is 32.1 Å². The van der Waals surface area contributed by atoms with Gasteiger partial charge in [-0.1, -0.05) is 18.3 Å². The maximum atomic E-state index is 5.31. The highest BCUT2D eigenvalue weighted by atomic mass is 32.1. The zero-order chi connectivity index (χ0) is 10.1. The van der Waals surface area contributed by atoms with E-state index in [4.69, 9.17) is 11.5 Å². The Labute approximate surface area is 87.1 Å². The molecule has 0 radical (unpaired) electrons. The molecular weight excluding hydrogens is 196 g/mol. The summed E-state index contributed by atoms with van der Waals surface area (Å²) in [5.74, 6) is 0.697. The van der Waals surface area contributed by atoms with E-state index >= 15 is 0 Å². The van der Waals surface area contributed by atoms with Gasteiger partial charge in [-0.3, -0.25) is 0 Å². The van der Waals surface area contributed by atoms with Crippen molar-refractivity contribution >= 4 is 22.4 Å². The molecule has 4 N–H and O–H groups in total. The molecule has 0 spiro atoms. The summed E-state index contributed by atoms with van der Waals surface area (Å²) in [4.78, 5) is 9.75. The highest BCUT2D eigenvalue weighted by Crippen LogP contribution is 2.38. The number of thiazole rings is 1. The van der Waals surface area contributed by atoms with Gasteiger partial charge in [-0.25, -0.2) is 4.98 Å². The third-order valence-corrected chi connectivity index (χ3v) is 3.66. The van der Waals surface area contributed by atoms with Crippen LogP contribution in [0.25, 0.3) is 0 Å². The van der Waals surface area contributed by atoms with Crippen molar-refractivity contribution in [3.05, 3.63) is 10.6 Å². The monoisotopic (exact) mass is 210 g/mol. The molecule has 0 amide bonds. The second-order valence-electron chi connectivity index (χ2n) is 3.64. The third kappa shape index (κ3) is 1.72. The van der Waals surface area contributed by atoms with Crippen LogP contribution in [0.15, 0.2) is 4.99 Å². The van der Waals surface area contributed by atoms with Crippen LogP contribution in [0.5, 0.6) is 0 Å². The molecule has 0 saturated heterocycles. The van der Waals surface area contributed by atoms with Crippen molar-refractivity contribution < 1.29 is 0 Å². The minimum atomic E-state index is 0.0868. The molecule has 0 aliphatic heterocycles. The first-order valence-corrected chi connectivity index (χ1v) is 5.57. The van der Waals surface area contributed by atoms with Crippen molar-refractivity contribution in [1.29, 1.82) is 0 Å². The molecule has 2 rings (SSSR count). The number of hydrogen-bond acceptors (Lipinski definition) is 3. The highest BCUT2D eigenvalue weighted by molar-refractivity contribution is 7.15. The van der Waals surface area contributed by atoms with E-state index in [0.29, 0.717) is 11.0 Å². The second kappa shape index (κ2) is 3.57. The largest absolute Gasteiger partial charge is 0.370 e. The average Bonchev–Trinajstić information content (AvgIpc) is 2.47. The molecule has 0 saturated carbocycles. The smallest absolute Gasteiger partial charge is 0.212 e. The molecular formula is C9H14N4S. The Balaban J connectivity index is 2.35. The molecule has 0 aromatic carbocycles. The van der Waals surface area contributed by atoms with Crippen molar-refractivity contribution in [3.8, 4) is 0 Å². The summed E-state index contributed by atoms with van der Waals surface area (Å²) in [5.41, 5.74) is 11.8. The van der Waals surface area contributed by atoms with E-state index < -0.39 is 0 Å². The van der Waals surface area contributed by atoms with E-state index in [2.05, 4.69) is 16.9 Å². The Morgan fingerprint density at radius 1 is 1.57 bits per heavy atom.